The van der Waals surface area contributed by atoms with Crippen molar-refractivity contribution < 1.29 is 21.9 Å². The van der Waals surface area contributed by atoms with Crippen LogP contribution in [-0.4, -0.2) is 27.4 Å². The average Bonchev–Trinajstić information content (AvgIpc) is 2.52. The number of nitrogens with one attached hydrogen (secondary N) is 1. The van der Waals surface area contributed by atoms with Crippen LogP contribution < -0.4 is 10.1 Å². The van der Waals surface area contributed by atoms with Gasteiger partial charge in [-0.25, -0.2) is 0 Å². The quantitative estimate of drug-likeness (QED) is 0.904. The maximum Gasteiger partial charge on any atom is 0.387 e. The molecule has 5 nitrogen and oxygen atoms in total. The van der Waals surface area contributed by atoms with Gasteiger partial charge < -0.3 is 10.1 Å². The smallest absolute Gasteiger partial charge is 0.387 e. The largest absolute Gasteiger partial charge is 0.434 e. The number of ether oxygens (including phenoxy) is 1. The van der Waals surface area contributed by atoms with E-state index in [1.54, 1.807) is 6.92 Å². The molecule has 18 heavy (non-hydrogen) atoms. The Morgan fingerprint density at radius 2 is 2.17 bits per heavy atom. The maximum atomic E-state index is 12.3. The van der Waals surface area contributed by atoms with E-state index in [2.05, 4.69) is 14.5 Å². The van der Waals surface area contributed by atoms with Crippen molar-refractivity contribution in [3.63, 3.8) is 0 Å². The van der Waals surface area contributed by atoms with Crippen LogP contribution >= 0.6 is 0 Å². The number of hydrogen-bond donors (Lipinski definition) is 1. The molecule has 0 radical (unpaired) electrons. The first-order valence-electron chi connectivity index (χ1n) is 5.12. The molecule has 0 aliphatic carbocycles. The normalized spacial score (nSPS) is 16.3. The second kappa shape index (κ2) is 4.52. The molecule has 1 aliphatic rings. The van der Waals surface area contributed by atoms with Crippen molar-refractivity contribution in [2.45, 2.75) is 18.4 Å². The minimum absolute atomic E-state index is 0.0313. The molecule has 2 rings (SSSR count). The third-order valence-electron chi connectivity index (χ3n) is 2.27. The molecule has 1 aromatic rings. The highest BCUT2D eigenvalue weighted by molar-refractivity contribution is 7.90. The molecule has 8 heteroatoms. The lowest BCUT2D eigenvalue weighted by Crippen LogP contribution is -2.23. The highest BCUT2D eigenvalue weighted by Crippen LogP contribution is 2.33. The summed E-state index contributed by atoms with van der Waals surface area (Å²) in [6, 6.07) is 3.91. The average molecular weight is 276 g/mol. The molecule has 0 fully saturated rings. The molecular weight excluding hydrogens is 266 g/mol. The lowest BCUT2D eigenvalue weighted by atomic mass is 10.2. The van der Waals surface area contributed by atoms with E-state index in [1.165, 1.54) is 18.2 Å². The fraction of sp³-hybridized carbons (Fsp3) is 0.300. The molecule has 0 spiro atoms. The van der Waals surface area contributed by atoms with Crippen LogP contribution in [0.4, 0.5) is 8.78 Å². The van der Waals surface area contributed by atoms with E-state index in [9.17, 15) is 17.2 Å². The molecular formula is C10H10F2N2O3S. The Hall–Kier alpha value is -1.70. The van der Waals surface area contributed by atoms with Crippen molar-refractivity contribution in [2.24, 2.45) is 4.40 Å². The number of halogens is 2. The van der Waals surface area contributed by atoms with Crippen molar-refractivity contribution in [3.8, 4) is 5.75 Å². The van der Waals surface area contributed by atoms with E-state index >= 15 is 0 Å². The molecule has 98 valence electrons. The van der Waals surface area contributed by atoms with Crippen molar-refractivity contribution >= 4 is 15.9 Å². The summed E-state index contributed by atoms with van der Waals surface area (Å²) in [5, 5.41) is 2.72. The summed E-state index contributed by atoms with van der Waals surface area (Å²) >= 11 is 0. The predicted molar refractivity (Wildman–Crippen MR) is 60.5 cm³/mol. The van der Waals surface area contributed by atoms with Crippen LogP contribution in [0, 0.1) is 0 Å². The molecule has 0 saturated carbocycles. The predicted octanol–water partition coefficient (Wildman–Crippen LogP) is 1.35. The Morgan fingerprint density at radius 1 is 1.44 bits per heavy atom. The summed E-state index contributed by atoms with van der Waals surface area (Å²) in [6.07, 6.45) is 0. The zero-order valence-electron chi connectivity index (χ0n) is 9.35. The van der Waals surface area contributed by atoms with E-state index in [0.717, 1.165) is 0 Å². The van der Waals surface area contributed by atoms with E-state index in [0.29, 0.717) is 6.54 Å². The van der Waals surface area contributed by atoms with Crippen molar-refractivity contribution in [1.29, 1.82) is 0 Å². The molecule has 0 atom stereocenters. The SMILES string of the molecule is CCNC1=NS(=O)(=O)c2cccc(OC(F)F)c21. The van der Waals surface area contributed by atoms with E-state index < -0.39 is 16.6 Å². The number of nitrogens with zero attached hydrogens (tertiary/aromatic N) is 1. The third kappa shape index (κ3) is 2.15. The van der Waals surface area contributed by atoms with E-state index in [-0.39, 0.29) is 22.0 Å². The maximum absolute atomic E-state index is 12.3. The van der Waals surface area contributed by atoms with Gasteiger partial charge >= 0.3 is 6.61 Å². The minimum atomic E-state index is -3.83. The van der Waals surface area contributed by atoms with Crippen LogP contribution in [0.1, 0.15) is 12.5 Å². The molecule has 1 heterocycles. The number of amidine groups is 1. The fourth-order valence-electron chi connectivity index (χ4n) is 1.66. The number of alkyl halides is 2. The number of fused-ring (bicyclic) bond motifs is 1. The van der Waals surface area contributed by atoms with Gasteiger partial charge in [-0.2, -0.15) is 17.2 Å². The Balaban J connectivity index is 2.58. The van der Waals surface area contributed by atoms with Gasteiger partial charge in [-0.3, -0.25) is 0 Å². The minimum Gasteiger partial charge on any atom is -0.434 e. The first kappa shape index (κ1) is 12.7. The second-order valence-electron chi connectivity index (χ2n) is 3.45. The van der Waals surface area contributed by atoms with E-state index in [4.69, 9.17) is 0 Å². The number of benzene rings is 1. The standard InChI is InChI=1S/C10H10F2N2O3S/c1-2-13-9-8-6(17-10(11)12)4-3-5-7(8)18(15,16)14-9/h3-5,10H,2H2,1H3,(H,13,14). The zero-order valence-corrected chi connectivity index (χ0v) is 10.2. The molecule has 1 N–H and O–H groups in total. The first-order valence-corrected chi connectivity index (χ1v) is 6.56. The fourth-order valence-corrected chi connectivity index (χ4v) is 2.86. The van der Waals surface area contributed by atoms with Gasteiger partial charge in [0.2, 0.25) is 0 Å². The summed E-state index contributed by atoms with van der Waals surface area (Å²) in [5.74, 6) is -0.174. The number of rotatable bonds is 3. The van der Waals surface area contributed by atoms with Crippen molar-refractivity contribution in [2.75, 3.05) is 6.54 Å². The van der Waals surface area contributed by atoms with Gasteiger partial charge in [-0.15, -0.1) is 4.40 Å². The Labute approximate surface area is 103 Å². The Bertz CT molecular complexity index is 599. The van der Waals surface area contributed by atoms with Crippen molar-refractivity contribution in [1.82, 2.24) is 5.32 Å². The summed E-state index contributed by atoms with van der Waals surface area (Å²) in [7, 11) is -3.83. The third-order valence-corrected chi connectivity index (χ3v) is 3.59. The zero-order chi connectivity index (χ0) is 13.3. The van der Waals surface area contributed by atoms with Gasteiger partial charge in [-0.1, -0.05) is 6.07 Å². The second-order valence-corrected chi connectivity index (χ2v) is 5.03. The van der Waals surface area contributed by atoms with Crippen LogP contribution in [0.15, 0.2) is 27.5 Å². The van der Waals surface area contributed by atoms with Gasteiger partial charge in [0.1, 0.15) is 10.6 Å². The highest BCUT2D eigenvalue weighted by atomic mass is 32.2. The molecule has 1 aliphatic heterocycles. The van der Waals surface area contributed by atoms with Gasteiger partial charge in [0.05, 0.1) is 5.56 Å². The van der Waals surface area contributed by atoms with Crippen LogP contribution in [0.2, 0.25) is 0 Å². The van der Waals surface area contributed by atoms with Crippen LogP contribution in [0.25, 0.3) is 0 Å². The molecule has 0 bridgehead atoms. The highest BCUT2D eigenvalue weighted by Gasteiger charge is 2.32. The summed E-state index contributed by atoms with van der Waals surface area (Å²) in [4.78, 5) is -0.128. The van der Waals surface area contributed by atoms with Crippen LogP contribution in [0.3, 0.4) is 0 Å². The molecule has 0 aromatic heterocycles. The Morgan fingerprint density at radius 3 is 2.78 bits per heavy atom. The Kier molecular flexibility index (Phi) is 3.20. The number of sulfonamides is 1. The topological polar surface area (TPSA) is 67.8 Å². The van der Waals surface area contributed by atoms with Gasteiger partial charge in [0.15, 0.2) is 5.84 Å². The lowest BCUT2D eigenvalue weighted by Gasteiger charge is -2.10. The number of hydrogen-bond acceptors (Lipinski definition) is 4. The monoisotopic (exact) mass is 276 g/mol. The molecule has 1 aromatic carbocycles. The molecule has 0 amide bonds. The molecule has 0 unspecified atom stereocenters. The van der Waals surface area contributed by atoms with Gasteiger partial charge in [0, 0.05) is 6.54 Å². The van der Waals surface area contributed by atoms with Crippen molar-refractivity contribution in [3.05, 3.63) is 23.8 Å². The summed E-state index contributed by atoms with van der Waals surface area (Å²) in [5.41, 5.74) is 0.0552. The van der Waals surface area contributed by atoms with Crippen LogP contribution in [-0.2, 0) is 10.0 Å². The van der Waals surface area contributed by atoms with Gasteiger partial charge in [0.25, 0.3) is 10.0 Å². The summed E-state index contributed by atoms with van der Waals surface area (Å²) in [6.45, 7) is -0.872. The van der Waals surface area contributed by atoms with E-state index in [1.807, 2.05) is 0 Å². The summed E-state index contributed by atoms with van der Waals surface area (Å²) < 4.78 is 55.7. The lowest BCUT2D eigenvalue weighted by molar-refractivity contribution is -0.0501. The first-order chi connectivity index (χ1) is 8.45. The molecule has 0 saturated heterocycles. The van der Waals surface area contributed by atoms with Gasteiger partial charge in [-0.05, 0) is 19.1 Å². The van der Waals surface area contributed by atoms with Crippen LogP contribution in [0.5, 0.6) is 5.75 Å².